The van der Waals surface area contributed by atoms with Gasteiger partial charge in [-0.3, -0.25) is 0 Å². The molecule has 20 heavy (non-hydrogen) atoms. The molecule has 0 bridgehead atoms. The Balaban J connectivity index is 2.89. The molecule has 0 aromatic heterocycles. The number of sulfone groups is 1. The summed E-state index contributed by atoms with van der Waals surface area (Å²) in [5.41, 5.74) is 3.11. The third-order valence-corrected chi connectivity index (χ3v) is 6.00. The van der Waals surface area contributed by atoms with Gasteiger partial charge in [0.1, 0.15) is 0 Å². The molecule has 0 aliphatic carbocycles. The number of alkyl halides is 1. The second-order valence-corrected chi connectivity index (χ2v) is 9.52. The summed E-state index contributed by atoms with van der Waals surface area (Å²) in [7, 11) is -3.09. The van der Waals surface area contributed by atoms with Gasteiger partial charge in [0, 0.05) is 5.33 Å². The number of hydrogen-bond acceptors (Lipinski definition) is 2. The van der Waals surface area contributed by atoms with Crippen LogP contribution in [0.4, 0.5) is 0 Å². The van der Waals surface area contributed by atoms with Crippen molar-refractivity contribution in [1.29, 1.82) is 0 Å². The smallest absolute Gasteiger partial charge is 0.154 e. The van der Waals surface area contributed by atoms with Crippen LogP contribution in [-0.4, -0.2) is 19.5 Å². The van der Waals surface area contributed by atoms with Gasteiger partial charge in [0.15, 0.2) is 9.84 Å². The molecule has 0 heterocycles. The van der Waals surface area contributed by atoms with E-state index in [0.29, 0.717) is 5.33 Å². The molecule has 1 rings (SSSR count). The Morgan fingerprint density at radius 3 is 2.00 bits per heavy atom. The minimum absolute atomic E-state index is 0.0148. The largest absolute Gasteiger partial charge is 0.228 e. The molecule has 1 unspecified atom stereocenters. The standard InChI is InChI=1S/C16H25BrO2S/c1-12-6-13(2)8-14(7-12)10-20(18,19)11-15(9-17)16(3,4)5/h6-8,15H,9-11H2,1-5H3. The number of aryl methyl sites for hydroxylation is 2. The molecule has 0 spiro atoms. The van der Waals surface area contributed by atoms with Gasteiger partial charge < -0.3 is 0 Å². The lowest BCUT2D eigenvalue weighted by atomic mass is 9.83. The van der Waals surface area contributed by atoms with Gasteiger partial charge in [-0.2, -0.15) is 0 Å². The number of halogens is 1. The van der Waals surface area contributed by atoms with E-state index in [1.807, 2.05) is 26.0 Å². The molecule has 4 heteroatoms. The highest BCUT2D eigenvalue weighted by molar-refractivity contribution is 9.09. The van der Waals surface area contributed by atoms with Crippen LogP contribution in [0.5, 0.6) is 0 Å². The monoisotopic (exact) mass is 360 g/mol. The van der Waals surface area contributed by atoms with E-state index in [9.17, 15) is 8.42 Å². The fourth-order valence-electron chi connectivity index (χ4n) is 2.30. The molecule has 0 amide bonds. The van der Waals surface area contributed by atoms with Crippen LogP contribution in [0, 0.1) is 25.2 Å². The second-order valence-electron chi connectivity index (χ2n) is 6.77. The zero-order valence-electron chi connectivity index (χ0n) is 13.0. The quantitative estimate of drug-likeness (QED) is 0.734. The molecule has 0 aliphatic rings. The van der Waals surface area contributed by atoms with E-state index >= 15 is 0 Å². The lowest BCUT2D eigenvalue weighted by molar-refractivity contribution is 0.291. The van der Waals surface area contributed by atoms with E-state index in [0.717, 1.165) is 16.7 Å². The van der Waals surface area contributed by atoms with Crippen LogP contribution in [0.1, 0.15) is 37.5 Å². The van der Waals surface area contributed by atoms with Crippen molar-refractivity contribution < 1.29 is 8.42 Å². The molecule has 114 valence electrons. The lowest BCUT2D eigenvalue weighted by Crippen LogP contribution is -2.30. The highest BCUT2D eigenvalue weighted by atomic mass is 79.9. The van der Waals surface area contributed by atoms with Gasteiger partial charge in [-0.1, -0.05) is 66.0 Å². The summed E-state index contributed by atoms with van der Waals surface area (Å²) in [4.78, 5) is 0. The summed E-state index contributed by atoms with van der Waals surface area (Å²) in [5, 5.41) is 0.711. The molecule has 0 saturated heterocycles. The summed E-state index contributed by atoms with van der Waals surface area (Å²) in [6, 6.07) is 5.99. The van der Waals surface area contributed by atoms with Crippen LogP contribution in [0.25, 0.3) is 0 Å². The van der Waals surface area contributed by atoms with Gasteiger partial charge in [0.25, 0.3) is 0 Å². The highest BCUT2D eigenvalue weighted by Crippen LogP contribution is 2.29. The molecule has 1 aromatic rings. The van der Waals surface area contributed by atoms with Crippen LogP contribution in [-0.2, 0) is 15.6 Å². The topological polar surface area (TPSA) is 34.1 Å². The van der Waals surface area contributed by atoms with E-state index in [2.05, 4.69) is 42.8 Å². The van der Waals surface area contributed by atoms with Crippen molar-refractivity contribution in [3.05, 3.63) is 34.9 Å². The molecule has 2 nitrogen and oxygen atoms in total. The highest BCUT2D eigenvalue weighted by Gasteiger charge is 2.28. The Kier molecular flexibility index (Phi) is 5.85. The van der Waals surface area contributed by atoms with E-state index in [1.165, 1.54) is 0 Å². The molecule has 0 saturated carbocycles. The van der Waals surface area contributed by atoms with E-state index < -0.39 is 9.84 Å². The molecular weight excluding hydrogens is 336 g/mol. The summed E-state index contributed by atoms with van der Waals surface area (Å²) < 4.78 is 24.8. The molecule has 1 aromatic carbocycles. The van der Waals surface area contributed by atoms with Gasteiger partial charge in [-0.15, -0.1) is 0 Å². The predicted molar refractivity (Wildman–Crippen MR) is 90.1 cm³/mol. The minimum atomic E-state index is -3.09. The van der Waals surface area contributed by atoms with Crippen molar-refractivity contribution in [2.24, 2.45) is 11.3 Å². The summed E-state index contributed by atoms with van der Waals surface area (Å²) >= 11 is 3.45. The Bertz CT molecular complexity index is 536. The molecular formula is C16H25BrO2S. The fourth-order valence-corrected chi connectivity index (χ4v) is 5.82. The summed E-state index contributed by atoms with van der Waals surface area (Å²) in [6.45, 7) is 10.3. The summed E-state index contributed by atoms with van der Waals surface area (Å²) in [5.74, 6) is 0.488. The van der Waals surface area contributed by atoms with Crippen molar-refractivity contribution in [2.45, 2.75) is 40.4 Å². The normalized spacial score (nSPS) is 14.3. The maximum Gasteiger partial charge on any atom is 0.154 e. The third-order valence-electron chi connectivity index (χ3n) is 3.53. The van der Waals surface area contributed by atoms with Crippen LogP contribution in [0.2, 0.25) is 0 Å². The van der Waals surface area contributed by atoms with Crippen molar-refractivity contribution >= 4 is 25.8 Å². The SMILES string of the molecule is Cc1cc(C)cc(CS(=O)(=O)CC(CBr)C(C)(C)C)c1. The average molecular weight is 361 g/mol. The van der Waals surface area contributed by atoms with Crippen LogP contribution < -0.4 is 0 Å². The first kappa shape index (κ1) is 17.7. The number of benzene rings is 1. The molecule has 0 radical (unpaired) electrons. The van der Waals surface area contributed by atoms with E-state index in [-0.39, 0.29) is 22.8 Å². The molecule has 0 N–H and O–H groups in total. The van der Waals surface area contributed by atoms with Crippen molar-refractivity contribution in [2.75, 3.05) is 11.1 Å². The Hall–Kier alpha value is -0.350. The zero-order chi connectivity index (χ0) is 15.6. The molecule has 0 aliphatic heterocycles. The van der Waals surface area contributed by atoms with E-state index in [4.69, 9.17) is 0 Å². The van der Waals surface area contributed by atoms with E-state index in [1.54, 1.807) is 0 Å². The second kappa shape index (κ2) is 6.61. The van der Waals surface area contributed by atoms with Gasteiger partial charge in [-0.05, 0) is 30.7 Å². The Morgan fingerprint density at radius 1 is 1.10 bits per heavy atom. The first-order valence-electron chi connectivity index (χ1n) is 6.87. The average Bonchev–Trinajstić information content (AvgIpc) is 2.22. The van der Waals surface area contributed by atoms with Crippen molar-refractivity contribution in [1.82, 2.24) is 0 Å². The number of hydrogen-bond donors (Lipinski definition) is 0. The Morgan fingerprint density at radius 2 is 1.60 bits per heavy atom. The van der Waals surface area contributed by atoms with Crippen LogP contribution in [0.3, 0.4) is 0 Å². The fraction of sp³-hybridized carbons (Fsp3) is 0.625. The molecule has 0 fully saturated rings. The maximum absolute atomic E-state index is 12.4. The number of rotatable bonds is 5. The Labute approximate surface area is 132 Å². The first-order valence-corrected chi connectivity index (χ1v) is 9.81. The van der Waals surface area contributed by atoms with Gasteiger partial charge >= 0.3 is 0 Å². The van der Waals surface area contributed by atoms with Crippen LogP contribution >= 0.6 is 15.9 Å². The van der Waals surface area contributed by atoms with Gasteiger partial charge in [-0.25, -0.2) is 8.42 Å². The van der Waals surface area contributed by atoms with Crippen molar-refractivity contribution in [3.8, 4) is 0 Å². The first-order chi connectivity index (χ1) is 9.03. The van der Waals surface area contributed by atoms with Crippen LogP contribution in [0.15, 0.2) is 18.2 Å². The lowest BCUT2D eigenvalue weighted by Gasteiger charge is -2.28. The third kappa shape index (κ3) is 5.57. The van der Waals surface area contributed by atoms with Gasteiger partial charge in [0.2, 0.25) is 0 Å². The predicted octanol–water partition coefficient (Wildman–Crippen LogP) is 4.28. The van der Waals surface area contributed by atoms with Crippen molar-refractivity contribution in [3.63, 3.8) is 0 Å². The summed E-state index contributed by atoms with van der Waals surface area (Å²) in [6.07, 6.45) is 0. The minimum Gasteiger partial charge on any atom is -0.228 e. The zero-order valence-corrected chi connectivity index (χ0v) is 15.4. The maximum atomic E-state index is 12.4. The molecule has 1 atom stereocenters. The van der Waals surface area contributed by atoms with Gasteiger partial charge in [0.05, 0.1) is 11.5 Å².